The van der Waals surface area contributed by atoms with E-state index in [2.05, 4.69) is 4.98 Å². The van der Waals surface area contributed by atoms with Crippen LogP contribution in [0.5, 0.6) is 0 Å². The summed E-state index contributed by atoms with van der Waals surface area (Å²) in [4.78, 5) is 41.7. The quantitative estimate of drug-likeness (QED) is 0.272. The number of carbonyl (C=O) groups is 2. The van der Waals surface area contributed by atoms with Crippen LogP contribution < -0.4 is 0 Å². The van der Waals surface area contributed by atoms with Crippen LogP contribution in [0.2, 0.25) is 0 Å². The Labute approximate surface area is 203 Å². The summed E-state index contributed by atoms with van der Waals surface area (Å²) in [5.74, 6) is -0.550. The third-order valence-electron chi connectivity index (χ3n) is 5.77. The van der Waals surface area contributed by atoms with Crippen molar-refractivity contribution in [3.63, 3.8) is 0 Å². The molecule has 0 aliphatic heterocycles. The smallest absolute Gasteiger partial charge is 0.411 e. The molecule has 1 aliphatic rings. The van der Waals surface area contributed by atoms with E-state index in [0.29, 0.717) is 5.56 Å². The number of hydrogen-bond acceptors (Lipinski definition) is 6. The fraction of sp³-hybridized carbons (Fsp3) is 0.385. The van der Waals surface area contributed by atoms with Gasteiger partial charge in [-0.05, 0) is 62.9 Å². The molecule has 1 heterocycles. The van der Waals surface area contributed by atoms with E-state index in [1.54, 1.807) is 32.9 Å². The molecule has 1 aliphatic carbocycles. The first-order chi connectivity index (χ1) is 16.6. The van der Waals surface area contributed by atoms with Gasteiger partial charge in [-0.3, -0.25) is 15.0 Å². The number of nitrogens with one attached hydrogen (secondary N) is 1. The highest BCUT2D eigenvalue weighted by molar-refractivity contribution is 5.86. The first-order valence-electron chi connectivity index (χ1n) is 11.6. The summed E-state index contributed by atoms with van der Waals surface area (Å²) in [7, 11) is 0. The SMILES string of the molecule is CC(C)(C)OC(=O)N(C1CC1)[C@@H](Cc1c[nH]c2ccccc12)C(=O)OCc1ccc([N+](=O)[O-])cc1. The summed E-state index contributed by atoms with van der Waals surface area (Å²) < 4.78 is 11.3. The molecule has 1 N–H and O–H groups in total. The monoisotopic (exact) mass is 479 g/mol. The molecular weight excluding hydrogens is 450 g/mol. The number of nitrogens with zero attached hydrogens (tertiary/aromatic N) is 2. The van der Waals surface area contributed by atoms with E-state index < -0.39 is 28.6 Å². The molecule has 0 radical (unpaired) electrons. The summed E-state index contributed by atoms with van der Waals surface area (Å²) in [5.41, 5.74) is 1.70. The molecule has 1 fully saturated rings. The largest absolute Gasteiger partial charge is 0.459 e. The molecule has 0 saturated heterocycles. The average Bonchev–Trinajstić information content (AvgIpc) is 3.55. The van der Waals surface area contributed by atoms with E-state index in [1.807, 2.05) is 30.5 Å². The normalized spacial score (nSPS) is 14.4. The maximum atomic E-state index is 13.4. The predicted molar refractivity (Wildman–Crippen MR) is 130 cm³/mol. The van der Waals surface area contributed by atoms with Gasteiger partial charge in [0.15, 0.2) is 0 Å². The second kappa shape index (κ2) is 9.77. The first kappa shape index (κ1) is 24.3. The third-order valence-corrected chi connectivity index (χ3v) is 5.77. The Kier molecular flexibility index (Phi) is 6.77. The molecule has 9 nitrogen and oxygen atoms in total. The molecule has 35 heavy (non-hydrogen) atoms. The number of ether oxygens (including phenoxy) is 2. The maximum absolute atomic E-state index is 13.4. The minimum Gasteiger partial charge on any atom is -0.459 e. The van der Waals surface area contributed by atoms with Crippen molar-refractivity contribution in [3.05, 3.63) is 76.0 Å². The van der Waals surface area contributed by atoms with Crippen molar-refractivity contribution in [1.29, 1.82) is 0 Å². The van der Waals surface area contributed by atoms with Crippen LogP contribution in [0, 0.1) is 10.1 Å². The Morgan fingerprint density at radius 2 is 1.83 bits per heavy atom. The van der Waals surface area contributed by atoms with Crippen molar-refractivity contribution in [1.82, 2.24) is 9.88 Å². The molecule has 1 amide bonds. The van der Waals surface area contributed by atoms with Crippen LogP contribution in [-0.4, -0.2) is 44.6 Å². The number of hydrogen-bond donors (Lipinski definition) is 1. The van der Waals surface area contributed by atoms with Gasteiger partial charge in [-0.15, -0.1) is 0 Å². The van der Waals surface area contributed by atoms with Crippen LogP contribution in [0.3, 0.4) is 0 Å². The van der Waals surface area contributed by atoms with Gasteiger partial charge in [0.25, 0.3) is 5.69 Å². The Balaban J connectivity index is 1.58. The van der Waals surface area contributed by atoms with Crippen molar-refractivity contribution >= 4 is 28.7 Å². The van der Waals surface area contributed by atoms with Gasteiger partial charge < -0.3 is 14.5 Å². The van der Waals surface area contributed by atoms with Gasteiger partial charge in [-0.2, -0.15) is 0 Å². The van der Waals surface area contributed by atoms with E-state index in [0.717, 1.165) is 29.3 Å². The number of aromatic nitrogens is 1. The lowest BCUT2D eigenvalue weighted by molar-refractivity contribution is -0.384. The highest BCUT2D eigenvalue weighted by Crippen LogP contribution is 2.33. The number of fused-ring (bicyclic) bond motifs is 1. The van der Waals surface area contributed by atoms with Crippen molar-refractivity contribution in [2.75, 3.05) is 0 Å². The zero-order valence-electron chi connectivity index (χ0n) is 20.0. The van der Waals surface area contributed by atoms with E-state index in [-0.39, 0.29) is 24.8 Å². The molecule has 2 aromatic carbocycles. The zero-order valence-corrected chi connectivity index (χ0v) is 20.0. The molecule has 0 unspecified atom stereocenters. The lowest BCUT2D eigenvalue weighted by atomic mass is 10.0. The van der Waals surface area contributed by atoms with E-state index in [9.17, 15) is 19.7 Å². The number of amides is 1. The topological polar surface area (TPSA) is 115 Å². The number of nitro benzene ring substituents is 1. The van der Waals surface area contributed by atoms with Gasteiger partial charge in [0, 0.05) is 41.7 Å². The molecule has 1 atom stereocenters. The predicted octanol–water partition coefficient (Wildman–Crippen LogP) is 5.13. The van der Waals surface area contributed by atoms with Crippen molar-refractivity contribution in [3.8, 4) is 0 Å². The van der Waals surface area contributed by atoms with E-state index >= 15 is 0 Å². The number of esters is 1. The fourth-order valence-corrected chi connectivity index (χ4v) is 3.97. The molecular formula is C26H29N3O6. The lowest BCUT2D eigenvalue weighted by Crippen LogP contribution is -2.50. The van der Waals surface area contributed by atoms with Gasteiger partial charge >= 0.3 is 12.1 Å². The van der Waals surface area contributed by atoms with Crippen LogP contribution >= 0.6 is 0 Å². The van der Waals surface area contributed by atoms with Gasteiger partial charge in [0.2, 0.25) is 0 Å². The summed E-state index contributed by atoms with van der Waals surface area (Å²) in [6.45, 7) is 5.31. The Hall–Kier alpha value is -3.88. The van der Waals surface area contributed by atoms with Crippen molar-refractivity contribution < 1.29 is 24.0 Å². The number of nitro groups is 1. The van der Waals surface area contributed by atoms with Crippen molar-refractivity contribution in [2.24, 2.45) is 0 Å². The van der Waals surface area contributed by atoms with Gasteiger partial charge in [-0.1, -0.05) is 18.2 Å². The van der Waals surface area contributed by atoms with E-state index in [1.165, 1.54) is 17.0 Å². The Bertz CT molecular complexity index is 1220. The number of H-pyrrole nitrogens is 1. The summed E-state index contributed by atoms with van der Waals surface area (Å²) >= 11 is 0. The second-order valence-corrected chi connectivity index (χ2v) is 9.73. The highest BCUT2D eigenvalue weighted by Gasteiger charge is 2.43. The van der Waals surface area contributed by atoms with E-state index in [4.69, 9.17) is 9.47 Å². The van der Waals surface area contributed by atoms with Crippen LogP contribution in [0.25, 0.3) is 10.9 Å². The summed E-state index contributed by atoms with van der Waals surface area (Å²) in [6.07, 6.45) is 3.15. The number of non-ortho nitro benzene ring substituents is 1. The molecule has 0 bridgehead atoms. The number of carbonyl (C=O) groups excluding carboxylic acids is 2. The number of rotatable bonds is 8. The summed E-state index contributed by atoms with van der Waals surface area (Å²) in [5, 5.41) is 11.9. The lowest BCUT2D eigenvalue weighted by Gasteiger charge is -2.32. The standard InChI is InChI=1S/C26H29N3O6/c1-26(2,3)35-25(31)28(19-12-13-19)23(14-18-15-27-22-7-5-4-6-21(18)22)24(30)34-16-17-8-10-20(11-9-17)29(32)33/h4-11,15,19,23,27H,12-14,16H2,1-3H3/t23-/m0/s1. The van der Waals surface area contributed by atoms with Crippen molar-refractivity contribution in [2.45, 2.75) is 64.3 Å². The average molecular weight is 480 g/mol. The highest BCUT2D eigenvalue weighted by atomic mass is 16.6. The molecule has 0 spiro atoms. The fourth-order valence-electron chi connectivity index (χ4n) is 3.97. The molecule has 4 rings (SSSR count). The molecule has 1 aromatic heterocycles. The number of benzene rings is 2. The zero-order chi connectivity index (χ0) is 25.2. The minimum atomic E-state index is -0.880. The molecule has 1 saturated carbocycles. The van der Waals surface area contributed by atoms with Gasteiger partial charge in [-0.25, -0.2) is 9.59 Å². The second-order valence-electron chi connectivity index (χ2n) is 9.73. The third kappa shape index (κ3) is 5.98. The molecule has 3 aromatic rings. The number of para-hydroxylation sites is 1. The van der Waals surface area contributed by atoms with Gasteiger partial charge in [0.1, 0.15) is 18.2 Å². The maximum Gasteiger partial charge on any atom is 0.411 e. The van der Waals surface area contributed by atoms with Crippen LogP contribution in [0.1, 0.15) is 44.7 Å². The van der Waals surface area contributed by atoms with Crippen LogP contribution in [0.4, 0.5) is 10.5 Å². The minimum absolute atomic E-state index is 0.0397. The molecule has 9 heteroatoms. The van der Waals surface area contributed by atoms with Gasteiger partial charge in [0.05, 0.1) is 4.92 Å². The number of aromatic amines is 1. The summed E-state index contributed by atoms with van der Waals surface area (Å²) in [6, 6.07) is 12.6. The first-order valence-corrected chi connectivity index (χ1v) is 11.6. The Morgan fingerprint density at radius 3 is 2.46 bits per heavy atom. The Morgan fingerprint density at radius 1 is 1.14 bits per heavy atom. The van der Waals surface area contributed by atoms with Crippen LogP contribution in [0.15, 0.2) is 54.7 Å². The van der Waals surface area contributed by atoms with Crippen LogP contribution in [-0.2, 0) is 27.3 Å². The molecule has 184 valence electrons.